The lowest BCUT2D eigenvalue weighted by Gasteiger charge is -2.51. The summed E-state index contributed by atoms with van der Waals surface area (Å²) in [6.07, 6.45) is 0. The van der Waals surface area contributed by atoms with Gasteiger partial charge in [-0.3, -0.25) is 9.59 Å². The molecule has 0 saturated carbocycles. The molecule has 2 amide bonds. The number of carbonyl (C=O) groups is 2. The van der Waals surface area contributed by atoms with Crippen LogP contribution >= 0.6 is 11.6 Å². The lowest BCUT2D eigenvalue weighted by Crippen LogP contribution is -2.67. The van der Waals surface area contributed by atoms with Crippen LogP contribution in [0.4, 0.5) is 0 Å². The fourth-order valence-corrected chi connectivity index (χ4v) is 5.57. The van der Waals surface area contributed by atoms with Crippen molar-refractivity contribution in [1.82, 2.24) is 14.8 Å². The first-order chi connectivity index (χ1) is 14.8. The molecule has 5 rings (SSSR count). The summed E-state index contributed by atoms with van der Waals surface area (Å²) in [7, 11) is 0. The van der Waals surface area contributed by atoms with E-state index < -0.39 is 5.54 Å². The van der Waals surface area contributed by atoms with E-state index in [1.165, 1.54) is 0 Å². The lowest BCUT2D eigenvalue weighted by atomic mass is 9.76. The molecule has 1 N–H and O–H groups in total. The Morgan fingerprint density at radius 1 is 1.13 bits per heavy atom. The van der Waals surface area contributed by atoms with Gasteiger partial charge < -0.3 is 14.8 Å². The molecule has 1 aromatic heterocycles. The number of piperazine rings is 1. The van der Waals surface area contributed by atoms with E-state index >= 15 is 0 Å². The van der Waals surface area contributed by atoms with Crippen LogP contribution in [0.25, 0.3) is 10.9 Å². The Labute approximate surface area is 187 Å². The highest BCUT2D eigenvalue weighted by Crippen LogP contribution is 2.49. The molecule has 31 heavy (non-hydrogen) atoms. The number of nitrogens with zero attached hydrogens (tertiary/aromatic N) is 2. The molecule has 0 unspecified atom stereocenters. The summed E-state index contributed by atoms with van der Waals surface area (Å²) >= 11 is 6.61. The van der Waals surface area contributed by atoms with E-state index in [4.69, 9.17) is 11.6 Å². The minimum atomic E-state index is -1.06. The number of benzene rings is 2. The summed E-state index contributed by atoms with van der Waals surface area (Å²) in [4.78, 5) is 34.1. The maximum Gasteiger partial charge on any atom is 0.254 e. The van der Waals surface area contributed by atoms with Gasteiger partial charge in [-0.1, -0.05) is 61.8 Å². The number of halogens is 1. The summed E-state index contributed by atoms with van der Waals surface area (Å²) in [5.41, 5.74) is 2.75. The van der Waals surface area contributed by atoms with Gasteiger partial charge in [-0.25, -0.2) is 0 Å². The van der Waals surface area contributed by atoms with Crippen LogP contribution in [0, 0.1) is 5.92 Å². The Hall–Kier alpha value is -2.79. The second-order valence-electron chi connectivity index (χ2n) is 9.19. The van der Waals surface area contributed by atoms with Crippen LogP contribution in [0.5, 0.6) is 0 Å². The third-order valence-electron chi connectivity index (χ3n) is 6.68. The monoisotopic (exact) mass is 435 g/mol. The van der Waals surface area contributed by atoms with E-state index in [9.17, 15) is 9.59 Å². The molecule has 160 valence electrons. The van der Waals surface area contributed by atoms with E-state index in [-0.39, 0.29) is 30.2 Å². The van der Waals surface area contributed by atoms with Crippen molar-refractivity contribution in [3.05, 3.63) is 70.4 Å². The lowest BCUT2D eigenvalue weighted by molar-refractivity contribution is -0.166. The summed E-state index contributed by atoms with van der Waals surface area (Å²) in [5.74, 6) is 0.130. The standard InChI is InChI=1S/C25H26ClN3O2/c1-15(2)12-28-14-21(30)29-13-18(16-8-4-6-10-19(16)26)22-17-9-5-7-11-20(17)27-23(22)25(29,3)24(28)31/h4-11,15,18,27H,12-14H2,1-3H3/t18-,25-/m0/s1. The number of rotatable bonds is 3. The van der Waals surface area contributed by atoms with Crippen molar-refractivity contribution in [2.45, 2.75) is 32.2 Å². The molecule has 0 bridgehead atoms. The van der Waals surface area contributed by atoms with Gasteiger partial charge in [-0.2, -0.15) is 0 Å². The molecule has 5 nitrogen and oxygen atoms in total. The molecule has 0 aliphatic carbocycles. The number of nitrogens with one attached hydrogen (secondary N) is 1. The normalized spacial score (nSPS) is 23.5. The average Bonchev–Trinajstić information content (AvgIpc) is 3.13. The third-order valence-corrected chi connectivity index (χ3v) is 7.03. The Bertz CT molecular complexity index is 1200. The molecule has 2 aliphatic heterocycles. The highest BCUT2D eigenvalue weighted by atomic mass is 35.5. The van der Waals surface area contributed by atoms with Crippen molar-refractivity contribution in [2.75, 3.05) is 19.6 Å². The van der Waals surface area contributed by atoms with Gasteiger partial charge in [0.25, 0.3) is 5.91 Å². The average molecular weight is 436 g/mol. The molecule has 3 heterocycles. The number of H-pyrrole nitrogens is 1. The van der Waals surface area contributed by atoms with Gasteiger partial charge >= 0.3 is 0 Å². The van der Waals surface area contributed by atoms with Crippen LogP contribution in [-0.2, 0) is 15.1 Å². The van der Waals surface area contributed by atoms with Crippen molar-refractivity contribution in [3.63, 3.8) is 0 Å². The van der Waals surface area contributed by atoms with Gasteiger partial charge in [-0.15, -0.1) is 0 Å². The summed E-state index contributed by atoms with van der Waals surface area (Å²) in [6.45, 7) is 7.13. The van der Waals surface area contributed by atoms with Gasteiger partial charge in [0.15, 0.2) is 5.54 Å². The predicted molar refractivity (Wildman–Crippen MR) is 122 cm³/mol. The van der Waals surface area contributed by atoms with E-state index in [0.717, 1.165) is 27.7 Å². The fraction of sp³-hybridized carbons (Fsp3) is 0.360. The summed E-state index contributed by atoms with van der Waals surface area (Å²) in [5, 5.41) is 1.74. The molecule has 1 fully saturated rings. The van der Waals surface area contributed by atoms with E-state index in [1.807, 2.05) is 49.4 Å². The molecule has 3 aromatic rings. The number of para-hydroxylation sites is 1. The second kappa shape index (κ2) is 7.13. The molecule has 6 heteroatoms. The molecule has 0 spiro atoms. The smallest absolute Gasteiger partial charge is 0.254 e. The zero-order valence-corrected chi connectivity index (χ0v) is 18.7. The topological polar surface area (TPSA) is 56.4 Å². The van der Waals surface area contributed by atoms with Gasteiger partial charge in [-0.05, 0) is 36.1 Å². The predicted octanol–water partition coefficient (Wildman–Crippen LogP) is 4.51. The van der Waals surface area contributed by atoms with Gasteiger partial charge in [0.1, 0.15) is 0 Å². The number of aromatic nitrogens is 1. The summed E-state index contributed by atoms with van der Waals surface area (Å²) < 4.78 is 0. The van der Waals surface area contributed by atoms with Crippen LogP contribution in [0.1, 0.15) is 43.5 Å². The molecule has 0 radical (unpaired) electrons. The Balaban J connectivity index is 1.76. The van der Waals surface area contributed by atoms with Crippen molar-refractivity contribution in [2.24, 2.45) is 5.92 Å². The van der Waals surface area contributed by atoms with Crippen molar-refractivity contribution in [3.8, 4) is 0 Å². The number of amides is 2. The van der Waals surface area contributed by atoms with Gasteiger partial charge in [0.2, 0.25) is 5.91 Å². The molecule has 2 aromatic carbocycles. The zero-order valence-electron chi connectivity index (χ0n) is 18.0. The minimum absolute atomic E-state index is 0.0220. The van der Waals surface area contributed by atoms with Gasteiger partial charge in [0, 0.05) is 34.9 Å². The first kappa shape index (κ1) is 20.1. The first-order valence-electron chi connectivity index (χ1n) is 10.8. The maximum atomic E-state index is 13.8. The highest BCUT2D eigenvalue weighted by molar-refractivity contribution is 6.31. The Morgan fingerprint density at radius 3 is 2.58 bits per heavy atom. The maximum absolute atomic E-state index is 13.8. The van der Waals surface area contributed by atoms with Gasteiger partial charge in [0.05, 0.1) is 12.2 Å². The number of hydrogen-bond acceptors (Lipinski definition) is 2. The minimum Gasteiger partial charge on any atom is -0.356 e. The van der Waals surface area contributed by atoms with Crippen molar-refractivity contribution in [1.29, 1.82) is 0 Å². The third kappa shape index (κ3) is 2.90. The van der Waals surface area contributed by atoms with E-state index in [1.54, 1.807) is 9.80 Å². The van der Waals surface area contributed by atoms with Crippen LogP contribution in [0.15, 0.2) is 48.5 Å². The van der Waals surface area contributed by atoms with Crippen molar-refractivity contribution < 1.29 is 9.59 Å². The highest BCUT2D eigenvalue weighted by Gasteiger charge is 2.56. The second-order valence-corrected chi connectivity index (χ2v) is 9.60. The molecular formula is C25H26ClN3O2. The Kier molecular flexibility index (Phi) is 4.63. The zero-order chi connectivity index (χ0) is 21.9. The van der Waals surface area contributed by atoms with E-state index in [2.05, 4.69) is 24.9 Å². The van der Waals surface area contributed by atoms with Crippen LogP contribution < -0.4 is 0 Å². The molecule has 2 aliphatic rings. The van der Waals surface area contributed by atoms with Crippen molar-refractivity contribution >= 4 is 34.3 Å². The SMILES string of the molecule is CC(C)CN1CC(=O)N2C[C@@H](c3ccccc3Cl)c3c([nH]c4ccccc34)[C@@]2(C)C1=O. The number of aromatic amines is 1. The first-order valence-corrected chi connectivity index (χ1v) is 11.2. The summed E-state index contributed by atoms with van der Waals surface area (Å²) in [6, 6.07) is 15.9. The molecular weight excluding hydrogens is 410 g/mol. The largest absolute Gasteiger partial charge is 0.356 e. The fourth-order valence-electron chi connectivity index (χ4n) is 5.30. The van der Waals surface area contributed by atoms with Crippen LogP contribution in [0.2, 0.25) is 5.02 Å². The number of carbonyl (C=O) groups excluding carboxylic acids is 2. The Morgan fingerprint density at radius 2 is 1.84 bits per heavy atom. The van der Waals surface area contributed by atoms with Crippen LogP contribution in [0.3, 0.4) is 0 Å². The quantitative estimate of drug-likeness (QED) is 0.658. The molecule has 2 atom stereocenters. The number of fused-ring (bicyclic) bond motifs is 5. The van der Waals surface area contributed by atoms with Crippen LogP contribution in [-0.4, -0.2) is 46.2 Å². The molecule has 1 saturated heterocycles. The number of hydrogen-bond donors (Lipinski definition) is 1. The van der Waals surface area contributed by atoms with E-state index in [0.29, 0.717) is 18.1 Å².